The fourth-order valence-electron chi connectivity index (χ4n) is 1.54. The minimum Gasteiger partial charge on any atom is -0.360 e. The molecule has 2 rings (SSSR count). The molecule has 0 saturated carbocycles. The largest absolute Gasteiger partial charge is 0.360 e. The Morgan fingerprint density at radius 2 is 2.35 bits per heavy atom. The van der Waals surface area contributed by atoms with Gasteiger partial charge in [-0.2, -0.15) is 0 Å². The maximum atomic E-state index is 11.8. The van der Waals surface area contributed by atoms with Crippen molar-refractivity contribution in [1.29, 1.82) is 0 Å². The molecule has 0 spiro atoms. The lowest BCUT2D eigenvalue weighted by atomic mass is 10.5. The lowest BCUT2D eigenvalue weighted by molar-refractivity contribution is -0.113. The molecule has 0 radical (unpaired) electrons. The molecule has 1 N–H and O–H groups in total. The van der Waals surface area contributed by atoms with Gasteiger partial charge in [-0.05, 0) is 13.8 Å². The Hall–Kier alpha value is -2.09. The van der Waals surface area contributed by atoms with Crippen LogP contribution in [0.15, 0.2) is 28.4 Å². The van der Waals surface area contributed by atoms with Crippen LogP contribution in [-0.2, 0) is 11.3 Å². The van der Waals surface area contributed by atoms with Gasteiger partial charge in [0, 0.05) is 12.6 Å². The zero-order valence-electron chi connectivity index (χ0n) is 11.3. The van der Waals surface area contributed by atoms with Crippen molar-refractivity contribution >= 4 is 23.5 Å². The first-order chi connectivity index (χ1) is 9.60. The lowest BCUT2D eigenvalue weighted by Gasteiger charge is -2.04. The fourth-order valence-corrected chi connectivity index (χ4v) is 2.34. The van der Waals surface area contributed by atoms with Gasteiger partial charge in [-0.25, -0.2) is 0 Å². The number of anilines is 1. The predicted molar refractivity (Wildman–Crippen MR) is 75.5 cm³/mol. The second-order valence-corrected chi connectivity index (χ2v) is 5.03. The van der Waals surface area contributed by atoms with E-state index in [-0.39, 0.29) is 11.7 Å². The SMILES string of the molecule is C=CCn1c(C)nnc1SCC(=O)Nc1cc(C)on1. The summed E-state index contributed by atoms with van der Waals surface area (Å²) in [7, 11) is 0. The molecular formula is C12H15N5O2S. The highest BCUT2D eigenvalue weighted by atomic mass is 32.2. The molecule has 2 heterocycles. The van der Waals surface area contributed by atoms with E-state index in [9.17, 15) is 4.79 Å². The quantitative estimate of drug-likeness (QED) is 0.645. The van der Waals surface area contributed by atoms with Crippen molar-refractivity contribution in [2.75, 3.05) is 11.1 Å². The molecule has 20 heavy (non-hydrogen) atoms. The summed E-state index contributed by atoms with van der Waals surface area (Å²) in [6.45, 7) is 7.93. The van der Waals surface area contributed by atoms with E-state index in [1.54, 1.807) is 19.1 Å². The maximum Gasteiger partial charge on any atom is 0.236 e. The first-order valence-corrected chi connectivity index (χ1v) is 6.95. The summed E-state index contributed by atoms with van der Waals surface area (Å²) in [6, 6.07) is 1.66. The minimum absolute atomic E-state index is 0.172. The third kappa shape index (κ3) is 3.47. The Labute approximate surface area is 120 Å². The van der Waals surface area contributed by atoms with Crippen LogP contribution < -0.4 is 5.32 Å². The van der Waals surface area contributed by atoms with Crippen LogP contribution >= 0.6 is 11.8 Å². The number of hydrogen-bond acceptors (Lipinski definition) is 6. The van der Waals surface area contributed by atoms with E-state index in [1.165, 1.54) is 11.8 Å². The maximum absolute atomic E-state index is 11.8. The molecular weight excluding hydrogens is 278 g/mol. The molecule has 0 aromatic carbocycles. The van der Waals surface area contributed by atoms with Gasteiger partial charge in [0.05, 0.1) is 5.75 Å². The Morgan fingerprint density at radius 1 is 1.55 bits per heavy atom. The monoisotopic (exact) mass is 293 g/mol. The molecule has 0 aliphatic rings. The van der Waals surface area contributed by atoms with E-state index in [1.807, 2.05) is 11.5 Å². The highest BCUT2D eigenvalue weighted by Crippen LogP contribution is 2.17. The highest BCUT2D eigenvalue weighted by Gasteiger charge is 2.12. The van der Waals surface area contributed by atoms with Crippen LogP contribution in [0.2, 0.25) is 0 Å². The summed E-state index contributed by atoms with van der Waals surface area (Å²) in [5.74, 6) is 1.90. The summed E-state index contributed by atoms with van der Waals surface area (Å²) in [5.41, 5.74) is 0. The van der Waals surface area contributed by atoms with E-state index in [0.29, 0.717) is 23.3 Å². The average Bonchev–Trinajstić information content (AvgIpc) is 2.96. The molecule has 0 saturated heterocycles. The van der Waals surface area contributed by atoms with Crippen LogP contribution in [-0.4, -0.2) is 31.6 Å². The molecule has 0 atom stereocenters. The van der Waals surface area contributed by atoms with Gasteiger partial charge in [0.25, 0.3) is 0 Å². The average molecular weight is 293 g/mol. The van der Waals surface area contributed by atoms with Gasteiger partial charge >= 0.3 is 0 Å². The Morgan fingerprint density at radius 3 is 3.00 bits per heavy atom. The number of amides is 1. The topological polar surface area (TPSA) is 85.8 Å². The summed E-state index contributed by atoms with van der Waals surface area (Å²) < 4.78 is 6.77. The first kappa shape index (κ1) is 14.3. The summed E-state index contributed by atoms with van der Waals surface area (Å²) in [4.78, 5) is 11.8. The number of carbonyl (C=O) groups is 1. The Bertz CT molecular complexity index is 619. The van der Waals surface area contributed by atoms with Crippen LogP contribution in [0.4, 0.5) is 5.82 Å². The van der Waals surface area contributed by atoms with Crippen molar-refractivity contribution in [1.82, 2.24) is 19.9 Å². The van der Waals surface area contributed by atoms with Gasteiger partial charge in [-0.3, -0.25) is 4.79 Å². The van der Waals surface area contributed by atoms with Crippen LogP contribution in [0.5, 0.6) is 0 Å². The lowest BCUT2D eigenvalue weighted by Crippen LogP contribution is -2.14. The highest BCUT2D eigenvalue weighted by molar-refractivity contribution is 7.99. The third-order valence-corrected chi connectivity index (χ3v) is 3.41. The summed E-state index contributed by atoms with van der Waals surface area (Å²) in [6.07, 6.45) is 1.76. The zero-order chi connectivity index (χ0) is 14.5. The van der Waals surface area contributed by atoms with Crippen LogP contribution in [0.25, 0.3) is 0 Å². The van der Waals surface area contributed by atoms with Gasteiger partial charge in [0.1, 0.15) is 11.6 Å². The number of allylic oxidation sites excluding steroid dienone is 1. The molecule has 0 unspecified atom stereocenters. The molecule has 0 aliphatic carbocycles. The molecule has 1 amide bonds. The third-order valence-electron chi connectivity index (χ3n) is 2.44. The zero-order valence-corrected chi connectivity index (χ0v) is 12.1. The summed E-state index contributed by atoms with van der Waals surface area (Å²) >= 11 is 1.31. The number of thioether (sulfide) groups is 1. The smallest absolute Gasteiger partial charge is 0.236 e. The van der Waals surface area contributed by atoms with Gasteiger partial charge < -0.3 is 14.4 Å². The number of aromatic nitrogens is 4. The van der Waals surface area contributed by atoms with Gasteiger partial charge in [0.2, 0.25) is 5.91 Å². The van der Waals surface area contributed by atoms with Crippen LogP contribution in [0.3, 0.4) is 0 Å². The standard InChI is InChI=1S/C12H15N5O2S/c1-4-5-17-9(3)14-15-12(17)20-7-11(18)13-10-6-8(2)19-16-10/h4,6H,1,5,7H2,2-3H3,(H,13,16,18). The molecule has 2 aromatic heterocycles. The number of nitrogens with one attached hydrogen (secondary N) is 1. The van der Waals surface area contributed by atoms with Crippen molar-refractivity contribution < 1.29 is 9.32 Å². The molecule has 106 valence electrons. The molecule has 0 fully saturated rings. The molecule has 0 bridgehead atoms. The van der Waals surface area contributed by atoms with E-state index >= 15 is 0 Å². The van der Waals surface area contributed by atoms with E-state index in [2.05, 4.69) is 27.2 Å². The van der Waals surface area contributed by atoms with Gasteiger partial charge in [-0.15, -0.1) is 16.8 Å². The normalized spacial score (nSPS) is 10.5. The van der Waals surface area contributed by atoms with Crippen molar-refractivity contribution in [2.24, 2.45) is 0 Å². The Kier molecular flexibility index (Phi) is 4.57. The predicted octanol–water partition coefficient (Wildman–Crippen LogP) is 1.80. The number of aryl methyl sites for hydroxylation is 2. The minimum atomic E-state index is -0.172. The second-order valence-electron chi connectivity index (χ2n) is 4.09. The van der Waals surface area contributed by atoms with Gasteiger partial charge in [0.15, 0.2) is 11.0 Å². The molecule has 2 aromatic rings. The number of rotatable bonds is 6. The Balaban J connectivity index is 1.91. The van der Waals surface area contributed by atoms with Crippen molar-refractivity contribution in [3.8, 4) is 0 Å². The van der Waals surface area contributed by atoms with E-state index in [4.69, 9.17) is 4.52 Å². The van der Waals surface area contributed by atoms with Crippen molar-refractivity contribution in [3.63, 3.8) is 0 Å². The van der Waals surface area contributed by atoms with E-state index < -0.39 is 0 Å². The molecule has 0 aliphatic heterocycles. The number of nitrogens with zero attached hydrogens (tertiary/aromatic N) is 4. The fraction of sp³-hybridized carbons (Fsp3) is 0.333. The van der Waals surface area contributed by atoms with E-state index in [0.717, 1.165) is 5.82 Å². The van der Waals surface area contributed by atoms with Crippen LogP contribution in [0, 0.1) is 13.8 Å². The number of hydrogen-bond donors (Lipinski definition) is 1. The first-order valence-electron chi connectivity index (χ1n) is 5.97. The molecule has 8 heteroatoms. The van der Waals surface area contributed by atoms with Gasteiger partial charge in [-0.1, -0.05) is 23.0 Å². The summed E-state index contributed by atoms with van der Waals surface area (Å²) in [5, 5.41) is 15.1. The molecule has 7 nitrogen and oxygen atoms in total. The van der Waals surface area contributed by atoms with Crippen molar-refractivity contribution in [3.05, 3.63) is 30.3 Å². The number of carbonyl (C=O) groups excluding carboxylic acids is 1. The second kappa shape index (κ2) is 6.38. The van der Waals surface area contributed by atoms with Crippen LogP contribution in [0.1, 0.15) is 11.6 Å². The van der Waals surface area contributed by atoms with Crippen molar-refractivity contribution in [2.45, 2.75) is 25.5 Å².